The van der Waals surface area contributed by atoms with Gasteiger partial charge in [0.25, 0.3) is 0 Å². The minimum atomic E-state index is 0.634. The topological polar surface area (TPSA) is 30.5 Å². The van der Waals surface area contributed by atoms with Crippen LogP contribution in [-0.2, 0) is 6.54 Å². The second kappa shape index (κ2) is 7.77. The summed E-state index contributed by atoms with van der Waals surface area (Å²) in [6.45, 7) is 10.3. The van der Waals surface area contributed by atoms with E-state index < -0.39 is 0 Å². The molecule has 0 heterocycles. The molecule has 0 aliphatic rings. The highest BCUT2D eigenvalue weighted by Crippen LogP contribution is 2.31. The summed E-state index contributed by atoms with van der Waals surface area (Å²) in [6, 6.07) is 5.96. The Labute approximate surface area is 110 Å². The molecule has 0 aliphatic carbocycles. The van der Waals surface area contributed by atoms with Crippen LogP contribution in [0.25, 0.3) is 0 Å². The Hall–Kier alpha value is -1.48. The van der Waals surface area contributed by atoms with Crippen LogP contribution in [0.3, 0.4) is 0 Å². The molecule has 0 radical (unpaired) electrons. The maximum absolute atomic E-state index is 5.84. The van der Waals surface area contributed by atoms with Crippen LogP contribution in [0, 0.1) is 0 Å². The van der Waals surface area contributed by atoms with Crippen molar-refractivity contribution in [1.29, 1.82) is 0 Å². The molecule has 100 valence electrons. The molecular formula is C15H23NO2. The van der Waals surface area contributed by atoms with Crippen molar-refractivity contribution in [2.45, 2.75) is 26.8 Å². The predicted octanol–water partition coefficient (Wildman–Crippen LogP) is 3.15. The summed E-state index contributed by atoms with van der Waals surface area (Å²) >= 11 is 0. The standard InChI is InChI=1S/C15H23NO2/c1-5-16-11-13-7-6-8-14(17-4)15(13)18-10-9-12(2)3/h6-8,16H,2,5,9-11H2,1,3-4H3. The highest BCUT2D eigenvalue weighted by Gasteiger charge is 2.09. The van der Waals surface area contributed by atoms with E-state index in [9.17, 15) is 0 Å². The summed E-state index contributed by atoms with van der Waals surface area (Å²) in [7, 11) is 1.66. The third kappa shape index (κ3) is 4.41. The Bertz CT molecular complexity index is 388. The maximum atomic E-state index is 5.84. The van der Waals surface area contributed by atoms with Gasteiger partial charge in [0, 0.05) is 18.5 Å². The molecule has 0 saturated heterocycles. The summed E-state index contributed by atoms with van der Waals surface area (Å²) in [5.41, 5.74) is 2.25. The average Bonchev–Trinajstić information content (AvgIpc) is 2.36. The molecule has 1 N–H and O–H groups in total. The van der Waals surface area contributed by atoms with E-state index in [2.05, 4.69) is 24.9 Å². The molecule has 0 unspecified atom stereocenters. The van der Waals surface area contributed by atoms with Crippen molar-refractivity contribution in [3.63, 3.8) is 0 Å². The average molecular weight is 249 g/mol. The lowest BCUT2D eigenvalue weighted by atomic mass is 10.2. The van der Waals surface area contributed by atoms with E-state index in [4.69, 9.17) is 9.47 Å². The first-order chi connectivity index (χ1) is 8.69. The lowest BCUT2D eigenvalue weighted by Crippen LogP contribution is -2.13. The molecule has 0 aromatic heterocycles. The van der Waals surface area contributed by atoms with Gasteiger partial charge in [0.15, 0.2) is 11.5 Å². The van der Waals surface area contributed by atoms with Crippen LogP contribution in [0.4, 0.5) is 0 Å². The van der Waals surface area contributed by atoms with Crippen LogP contribution in [-0.4, -0.2) is 20.3 Å². The molecule has 18 heavy (non-hydrogen) atoms. The first-order valence-corrected chi connectivity index (χ1v) is 6.32. The largest absolute Gasteiger partial charge is 0.493 e. The number of methoxy groups -OCH3 is 1. The van der Waals surface area contributed by atoms with Gasteiger partial charge in [0.05, 0.1) is 13.7 Å². The summed E-state index contributed by atoms with van der Waals surface area (Å²) in [6.07, 6.45) is 0.860. The molecule has 0 atom stereocenters. The molecule has 1 aromatic rings. The molecule has 0 aliphatic heterocycles. The predicted molar refractivity (Wildman–Crippen MR) is 75.3 cm³/mol. The van der Waals surface area contributed by atoms with Gasteiger partial charge in [0.2, 0.25) is 0 Å². The Morgan fingerprint density at radius 2 is 2.17 bits per heavy atom. The first-order valence-electron chi connectivity index (χ1n) is 6.32. The highest BCUT2D eigenvalue weighted by molar-refractivity contribution is 5.46. The fraction of sp³-hybridized carbons (Fsp3) is 0.467. The summed E-state index contributed by atoms with van der Waals surface area (Å²) in [5, 5.41) is 3.30. The van der Waals surface area contributed by atoms with Gasteiger partial charge in [-0.1, -0.05) is 24.6 Å². The zero-order valence-electron chi connectivity index (χ0n) is 11.6. The van der Waals surface area contributed by atoms with Crippen molar-refractivity contribution in [3.8, 4) is 11.5 Å². The SMILES string of the molecule is C=C(C)CCOc1c(CNCC)cccc1OC. The third-order valence-electron chi connectivity index (χ3n) is 2.62. The van der Waals surface area contributed by atoms with Crippen molar-refractivity contribution in [2.24, 2.45) is 0 Å². The smallest absolute Gasteiger partial charge is 0.165 e. The molecule has 0 fully saturated rings. The molecule has 3 heteroatoms. The molecule has 0 bridgehead atoms. The number of rotatable bonds is 8. The molecular weight excluding hydrogens is 226 g/mol. The van der Waals surface area contributed by atoms with Crippen LogP contribution in [0.2, 0.25) is 0 Å². The Morgan fingerprint density at radius 1 is 1.39 bits per heavy atom. The van der Waals surface area contributed by atoms with E-state index >= 15 is 0 Å². The van der Waals surface area contributed by atoms with Crippen molar-refractivity contribution in [2.75, 3.05) is 20.3 Å². The Balaban J connectivity index is 2.78. The monoisotopic (exact) mass is 249 g/mol. The van der Waals surface area contributed by atoms with Gasteiger partial charge in [-0.2, -0.15) is 0 Å². The summed E-state index contributed by atoms with van der Waals surface area (Å²) in [4.78, 5) is 0. The van der Waals surface area contributed by atoms with Crippen molar-refractivity contribution in [3.05, 3.63) is 35.9 Å². The fourth-order valence-corrected chi connectivity index (χ4v) is 1.61. The second-order valence-corrected chi connectivity index (χ2v) is 4.28. The Morgan fingerprint density at radius 3 is 2.78 bits per heavy atom. The van der Waals surface area contributed by atoms with Crippen LogP contribution in [0.1, 0.15) is 25.8 Å². The van der Waals surface area contributed by atoms with Crippen molar-refractivity contribution >= 4 is 0 Å². The molecule has 0 saturated carbocycles. The fourth-order valence-electron chi connectivity index (χ4n) is 1.61. The zero-order valence-corrected chi connectivity index (χ0v) is 11.6. The van der Waals surface area contributed by atoms with E-state index in [0.717, 1.165) is 42.1 Å². The minimum absolute atomic E-state index is 0.634. The van der Waals surface area contributed by atoms with E-state index in [0.29, 0.717) is 6.61 Å². The van der Waals surface area contributed by atoms with Gasteiger partial charge in [-0.15, -0.1) is 6.58 Å². The summed E-state index contributed by atoms with van der Waals surface area (Å²) in [5.74, 6) is 1.62. The van der Waals surface area contributed by atoms with Crippen LogP contribution in [0.15, 0.2) is 30.4 Å². The number of nitrogens with one attached hydrogen (secondary N) is 1. The summed E-state index contributed by atoms with van der Waals surface area (Å²) < 4.78 is 11.2. The van der Waals surface area contributed by atoms with Gasteiger partial charge in [0.1, 0.15) is 0 Å². The molecule has 1 aromatic carbocycles. The number of hydrogen-bond acceptors (Lipinski definition) is 3. The lowest BCUT2D eigenvalue weighted by molar-refractivity contribution is 0.293. The van der Waals surface area contributed by atoms with E-state index in [1.54, 1.807) is 7.11 Å². The normalized spacial score (nSPS) is 10.2. The Kier molecular flexibility index (Phi) is 6.29. The van der Waals surface area contributed by atoms with E-state index in [1.165, 1.54) is 0 Å². The molecule has 0 spiro atoms. The maximum Gasteiger partial charge on any atom is 0.165 e. The van der Waals surface area contributed by atoms with Gasteiger partial charge in [-0.05, 0) is 19.5 Å². The van der Waals surface area contributed by atoms with Gasteiger partial charge >= 0.3 is 0 Å². The van der Waals surface area contributed by atoms with Gasteiger partial charge in [-0.25, -0.2) is 0 Å². The zero-order chi connectivity index (χ0) is 13.4. The number of ether oxygens (including phenoxy) is 2. The number of para-hydroxylation sites is 1. The van der Waals surface area contributed by atoms with Crippen LogP contribution < -0.4 is 14.8 Å². The number of benzene rings is 1. The van der Waals surface area contributed by atoms with Crippen LogP contribution in [0.5, 0.6) is 11.5 Å². The molecule has 0 amide bonds. The van der Waals surface area contributed by atoms with Gasteiger partial charge < -0.3 is 14.8 Å². The molecule has 3 nitrogen and oxygen atoms in total. The second-order valence-electron chi connectivity index (χ2n) is 4.28. The van der Waals surface area contributed by atoms with E-state index in [-0.39, 0.29) is 0 Å². The highest BCUT2D eigenvalue weighted by atomic mass is 16.5. The van der Waals surface area contributed by atoms with Crippen molar-refractivity contribution < 1.29 is 9.47 Å². The quantitative estimate of drug-likeness (QED) is 0.718. The third-order valence-corrected chi connectivity index (χ3v) is 2.62. The van der Waals surface area contributed by atoms with Crippen molar-refractivity contribution in [1.82, 2.24) is 5.32 Å². The minimum Gasteiger partial charge on any atom is -0.493 e. The molecule has 1 rings (SSSR count). The first kappa shape index (κ1) is 14.6. The van der Waals surface area contributed by atoms with Crippen LogP contribution >= 0.6 is 0 Å². The number of hydrogen-bond donors (Lipinski definition) is 1. The van der Waals surface area contributed by atoms with E-state index in [1.807, 2.05) is 19.1 Å². The lowest BCUT2D eigenvalue weighted by Gasteiger charge is -2.15. The van der Waals surface area contributed by atoms with Gasteiger partial charge in [-0.3, -0.25) is 0 Å².